The molecule has 0 spiro atoms. The minimum absolute atomic E-state index is 0.0525. The predicted octanol–water partition coefficient (Wildman–Crippen LogP) is 1.52. The second-order valence-corrected chi connectivity index (χ2v) is 6.33. The SMILES string of the molecule is CCCCNC(=O)C1CCN(C(=O)C(C)(CC)CN)CC1. The molecule has 1 saturated heterocycles. The summed E-state index contributed by atoms with van der Waals surface area (Å²) < 4.78 is 0. The van der Waals surface area contributed by atoms with Crippen LogP contribution in [-0.4, -0.2) is 42.9 Å². The Kier molecular flexibility index (Phi) is 7.15. The van der Waals surface area contributed by atoms with E-state index in [4.69, 9.17) is 5.73 Å². The third-order valence-electron chi connectivity index (χ3n) is 4.73. The number of hydrogen-bond acceptors (Lipinski definition) is 3. The molecular formula is C16H31N3O2. The van der Waals surface area contributed by atoms with Crippen LogP contribution >= 0.6 is 0 Å². The van der Waals surface area contributed by atoms with Gasteiger partial charge in [0.2, 0.25) is 11.8 Å². The van der Waals surface area contributed by atoms with Crippen molar-refractivity contribution in [1.29, 1.82) is 0 Å². The van der Waals surface area contributed by atoms with E-state index >= 15 is 0 Å². The summed E-state index contributed by atoms with van der Waals surface area (Å²) in [5, 5.41) is 2.99. The van der Waals surface area contributed by atoms with Gasteiger partial charge in [0, 0.05) is 32.1 Å². The summed E-state index contributed by atoms with van der Waals surface area (Å²) in [7, 11) is 0. The highest BCUT2D eigenvalue weighted by Crippen LogP contribution is 2.26. The average molecular weight is 297 g/mol. The first-order chi connectivity index (χ1) is 9.98. The van der Waals surface area contributed by atoms with Crippen LogP contribution in [-0.2, 0) is 9.59 Å². The van der Waals surface area contributed by atoms with Gasteiger partial charge in [-0.2, -0.15) is 0 Å². The van der Waals surface area contributed by atoms with Gasteiger partial charge in [-0.1, -0.05) is 20.3 Å². The molecule has 3 N–H and O–H groups in total. The average Bonchev–Trinajstić information content (AvgIpc) is 2.53. The van der Waals surface area contributed by atoms with Crippen molar-refractivity contribution in [1.82, 2.24) is 10.2 Å². The highest BCUT2D eigenvalue weighted by atomic mass is 16.2. The number of unbranched alkanes of at least 4 members (excludes halogenated alkanes) is 1. The number of carbonyl (C=O) groups excluding carboxylic acids is 2. The molecule has 0 saturated carbocycles. The molecule has 0 aliphatic carbocycles. The third kappa shape index (κ3) is 4.70. The summed E-state index contributed by atoms with van der Waals surface area (Å²) >= 11 is 0. The second-order valence-electron chi connectivity index (χ2n) is 6.33. The van der Waals surface area contributed by atoms with Crippen LogP contribution in [0.1, 0.15) is 52.9 Å². The summed E-state index contributed by atoms with van der Waals surface area (Å²) in [6, 6.07) is 0. The molecule has 1 unspecified atom stereocenters. The van der Waals surface area contributed by atoms with Gasteiger partial charge in [-0.25, -0.2) is 0 Å². The molecule has 5 nitrogen and oxygen atoms in total. The van der Waals surface area contributed by atoms with E-state index in [1.54, 1.807) is 0 Å². The van der Waals surface area contributed by atoms with Crippen molar-refractivity contribution >= 4 is 11.8 Å². The summed E-state index contributed by atoms with van der Waals surface area (Å²) in [5.41, 5.74) is 5.29. The molecule has 0 aromatic rings. The van der Waals surface area contributed by atoms with Crippen LogP contribution < -0.4 is 11.1 Å². The van der Waals surface area contributed by atoms with Gasteiger partial charge in [-0.3, -0.25) is 9.59 Å². The summed E-state index contributed by atoms with van der Waals surface area (Å²) in [6.45, 7) is 8.51. The van der Waals surface area contributed by atoms with E-state index < -0.39 is 5.41 Å². The summed E-state index contributed by atoms with van der Waals surface area (Å²) in [6.07, 6.45) is 4.37. The van der Waals surface area contributed by atoms with Crippen LogP contribution in [0.5, 0.6) is 0 Å². The number of likely N-dealkylation sites (tertiary alicyclic amines) is 1. The first kappa shape index (κ1) is 18.0. The van der Waals surface area contributed by atoms with E-state index in [1.165, 1.54) is 0 Å². The van der Waals surface area contributed by atoms with Crippen molar-refractivity contribution in [3.05, 3.63) is 0 Å². The van der Waals surface area contributed by atoms with Gasteiger partial charge in [0.15, 0.2) is 0 Å². The van der Waals surface area contributed by atoms with Crippen LogP contribution in [0.15, 0.2) is 0 Å². The van der Waals surface area contributed by atoms with Gasteiger partial charge < -0.3 is 16.0 Å². The van der Waals surface area contributed by atoms with Crippen molar-refractivity contribution in [2.75, 3.05) is 26.2 Å². The maximum absolute atomic E-state index is 12.5. The van der Waals surface area contributed by atoms with Crippen molar-refractivity contribution in [2.24, 2.45) is 17.1 Å². The van der Waals surface area contributed by atoms with E-state index in [9.17, 15) is 9.59 Å². The van der Waals surface area contributed by atoms with Crippen molar-refractivity contribution in [2.45, 2.75) is 52.9 Å². The van der Waals surface area contributed by atoms with Crippen LogP contribution in [0.2, 0.25) is 0 Å². The maximum Gasteiger partial charge on any atom is 0.229 e. The number of nitrogens with two attached hydrogens (primary N) is 1. The number of carbonyl (C=O) groups is 2. The first-order valence-electron chi connectivity index (χ1n) is 8.25. The molecule has 0 radical (unpaired) electrons. The third-order valence-corrected chi connectivity index (χ3v) is 4.73. The lowest BCUT2D eigenvalue weighted by Gasteiger charge is -2.37. The number of hydrogen-bond donors (Lipinski definition) is 2. The molecule has 0 aromatic carbocycles. The first-order valence-corrected chi connectivity index (χ1v) is 8.25. The zero-order valence-electron chi connectivity index (χ0n) is 13.8. The molecule has 0 aromatic heterocycles. The summed E-state index contributed by atoms with van der Waals surface area (Å²) in [5.74, 6) is 0.335. The van der Waals surface area contributed by atoms with Crippen LogP contribution in [0.4, 0.5) is 0 Å². The van der Waals surface area contributed by atoms with E-state index in [0.29, 0.717) is 19.6 Å². The molecule has 2 amide bonds. The monoisotopic (exact) mass is 297 g/mol. The van der Waals surface area contributed by atoms with Crippen molar-refractivity contribution in [3.63, 3.8) is 0 Å². The smallest absolute Gasteiger partial charge is 0.229 e. The van der Waals surface area contributed by atoms with Gasteiger partial charge in [0.1, 0.15) is 0 Å². The Hall–Kier alpha value is -1.10. The lowest BCUT2D eigenvalue weighted by molar-refractivity contribution is -0.144. The Morgan fingerprint density at radius 2 is 1.90 bits per heavy atom. The Bertz CT molecular complexity index is 345. The topological polar surface area (TPSA) is 75.4 Å². The zero-order chi connectivity index (χ0) is 15.9. The van der Waals surface area contributed by atoms with Gasteiger partial charge in [-0.15, -0.1) is 0 Å². The van der Waals surface area contributed by atoms with Gasteiger partial charge in [-0.05, 0) is 32.6 Å². The van der Waals surface area contributed by atoms with Crippen LogP contribution in [0.3, 0.4) is 0 Å². The molecule has 122 valence electrons. The number of nitrogens with one attached hydrogen (secondary N) is 1. The van der Waals surface area contributed by atoms with Crippen LogP contribution in [0, 0.1) is 11.3 Å². The Balaban J connectivity index is 2.45. The largest absolute Gasteiger partial charge is 0.356 e. The van der Waals surface area contributed by atoms with Gasteiger partial charge in [0.05, 0.1) is 5.41 Å². The van der Waals surface area contributed by atoms with E-state index in [-0.39, 0.29) is 17.7 Å². The van der Waals surface area contributed by atoms with Crippen LogP contribution in [0.25, 0.3) is 0 Å². The van der Waals surface area contributed by atoms with Crippen molar-refractivity contribution in [3.8, 4) is 0 Å². The molecule has 0 bridgehead atoms. The number of nitrogens with zero attached hydrogens (tertiary/aromatic N) is 1. The predicted molar refractivity (Wildman–Crippen MR) is 84.7 cm³/mol. The molecule has 1 aliphatic rings. The highest BCUT2D eigenvalue weighted by molar-refractivity contribution is 5.83. The number of amides is 2. The van der Waals surface area contributed by atoms with Crippen molar-refractivity contribution < 1.29 is 9.59 Å². The fraction of sp³-hybridized carbons (Fsp3) is 0.875. The molecule has 1 heterocycles. The lowest BCUT2D eigenvalue weighted by atomic mass is 9.84. The molecule has 1 aliphatic heterocycles. The molecule has 1 rings (SSSR count). The fourth-order valence-corrected chi connectivity index (χ4v) is 2.64. The minimum atomic E-state index is -0.462. The van der Waals surface area contributed by atoms with Gasteiger partial charge >= 0.3 is 0 Å². The number of rotatable bonds is 7. The van der Waals surface area contributed by atoms with Gasteiger partial charge in [0.25, 0.3) is 0 Å². The maximum atomic E-state index is 12.5. The zero-order valence-corrected chi connectivity index (χ0v) is 13.8. The normalized spacial score (nSPS) is 19.1. The minimum Gasteiger partial charge on any atom is -0.356 e. The summed E-state index contributed by atoms with van der Waals surface area (Å²) in [4.78, 5) is 26.4. The fourth-order valence-electron chi connectivity index (χ4n) is 2.64. The lowest BCUT2D eigenvalue weighted by Crippen LogP contribution is -2.50. The molecule has 5 heteroatoms. The standard InChI is InChI=1S/C16H31N3O2/c1-4-6-9-18-14(20)13-7-10-19(11-8-13)15(21)16(3,5-2)12-17/h13H,4-12,17H2,1-3H3,(H,18,20). The highest BCUT2D eigenvalue weighted by Gasteiger charge is 2.36. The van der Waals surface area contributed by atoms with E-state index in [0.717, 1.165) is 38.6 Å². The number of piperidine rings is 1. The molecular weight excluding hydrogens is 266 g/mol. The second kappa shape index (κ2) is 8.37. The molecule has 21 heavy (non-hydrogen) atoms. The molecule has 1 fully saturated rings. The Labute approximate surface area is 128 Å². The molecule has 1 atom stereocenters. The van der Waals surface area contributed by atoms with E-state index in [1.807, 2.05) is 18.7 Å². The Morgan fingerprint density at radius 3 is 2.38 bits per heavy atom. The van der Waals surface area contributed by atoms with E-state index in [2.05, 4.69) is 12.2 Å². The quantitative estimate of drug-likeness (QED) is 0.700. The Morgan fingerprint density at radius 1 is 1.29 bits per heavy atom.